The van der Waals surface area contributed by atoms with E-state index in [1.54, 1.807) is 16.2 Å². The summed E-state index contributed by atoms with van der Waals surface area (Å²) in [6.45, 7) is 5.68. The van der Waals surface area contributed by atoms with Crippen LogP contribution in [-0.2, 0) is 13.0 Å². The van der Waals surface area contributed by atoms with Gasteiger partial charge in [-0.2, -0.15) is 0 Å². The SMILES string of the molecule is CC(C)N(C)Cc1c(C(=O)N(C)CCc2ccccc2)nc2sccn12. The van der Waals surface area contributed by atoms with E-state index in [9.17, 15) is 4.79 Å². The van der Waals surface area contributed by atoms with Gasteiger partial charge in [0, 0.05) is 37.8 Å². The lowest BCUT2D eigenvalue weighted by molar-refractivity contribution is 0.0789. The van der Waals surface area contributed by atoms with Crippen LogP contribution in [0.4, 0.5) is 0 Å². The Morgan fingerprint density at radius 1 is 1.23 bits per heavy atom. The third kappa shape index (κ3) is 3.97. The van der Waals surface area contributed by atoms with Crippen molar-refractivity contribution >= 4 is 22.2 Å². The van der Waals surface area contributed by atoms with E-state index < -0.39 is 0 Å². The quantitative estimate of drug-likeness (QED) is 0.639. The molecule has 0 bridgehead atoms. The van der Waals surface area contributed by atoms with Crippen LogP contribution in [0.3, 0.4) is 0 Å². The van der Waals surface area contributed by atoms with Crippen LogP contribution in [0.25, 0.3) is 4.96 Å². The van der Waals surface area contributed by atoms with Crippen molar-refractivity contribution in [2.24, 2.45) is 0 Å². The smallest absolute Gasteiger partial charge is 0.274 e. The lowest BCUT2D eigenvalue weighted by Crippen LogP contribution is -2.32. The molecule has 0 fully saturated rings. The Kier molecular flexibility index (Phi) is 5.74. The van der Waals surface area contributed by atoms with Crippen LogP contribution in [0.2, 0.25) is 0 Å². The van der Waals surface area contributed by atoms with E-state index in [0.717, 1.165) is 17.1 Å². The zero-order valence-corrected chi connectivity index (χ0v) is 16.7. The molecular formula is C20H26N4OS. The molecule has 0 spiro atoms. The minimum Gasteiger partial charge on any atom is -0.340 e. The number of fused-ring (bicyclic) bond motifs is 1. The van der Waals surface area contributed by atoms with Gasteiger partial charge in [0.25, 0.3) is 5.91 Å². The average Bonchev–Trinajstić information content (AvgIpc) is 3.22. The number of carbonyl (C=O) groups excluding carboxylic acids is 1. The number of amides is 1. The largest absolute Gasteiger partial charge is 0.340 e. The third-order valence-electron chi connectivity index (χ3n) is 4.77. The molecule has 0 aliphatic carbocycles. The summed E-state index contributed by atoms with van der Waals surface area (Å²) >= 11 is 1.56. The van der Waals surface area contributed by atoms with Crippen LogP contribution in [-0.4, -0.2) is 51.8 Å². The molecule has 1 aromatic carbocycles. The Labute approximate surface area is 158 Å². The second kappa shape index (κ2) is 8.01. The maximum absolute atomic E-state index is 13.0. The zero-order valence-electron chi connectivity index (χ0n) is 15.8. The molecule has 138 valence electrons. The molecule has 6 heteroatoms. The van der Waals surface area contributed by atoms with Crippen molar-refractivity contribution < 1.29 is 4.79 Å². The number of aromatic nitrogens is 2. The summed E-state index contributed by atoms with van der Waals surface area (Å²) in [4.78, 5) is 22.5. The van der Waals surface area contributed by atoms with Gasteiger partial charge in [-0.05, 0) is 32.9 Å². The lowest BCUT2D eigenvalue weighted by atomic mass is 10.1. The number of hydrogen-bond acceptors (Lipinski definition) is 4. The van der Waals surface area contributed by atoms with E-state index in [-0.39, 0.29) is 5.91 Å². The normalized spacial score (nSPS) is 11.6. The molecule has 0 N–H and O–H groups in total. The van der Waals surface area contributed by atoms with Crippen LogP contribution in [0, 0.1) is 0 Å². The van der Waals surface area contributed by atoms with Crippen molar-refractivity contribution in [1.82, 2.24) is 19.2 Å². The summed E-state index contributed by atoms with van der Waals surface area (Å²) in [6.07, 6.45) is 2.84. The van der Waals surface area contributed by atoms with Gasteiger partial charge in [0.15, 0.2) is 10.7 Å². The lowest BCUT2D eigenvalue weighted by Gasteiger charge is -2.22. The standard InChI is InChI=1S/C20H26N4OS/c1-15(2)23(4)14-17-18(21-20-24(17)12-13-26-20)19(25)22(3)11-10-16-8-6-5-7-9-16/h5-9,12-13,15H,10-11,14H2,1-4H3. The third-order valence-corrected chi connectivity index (χ3v) is 5.53. The zero-order chi connectivity index (χ0) is 18.7. The highest BCUT2D eigenvalue weighted by Crippen LogP contribution is 2.20. The van der Waals surface area contributed by atoms with Gasteiger partial charge in [0.2, 0.25) is 0 Å². The highest BCUT2D eigenvalue weighted by Gasteiger charge is 2.23. The predicted molar refractivity (Wildman–Crippen MR) is 107 cm³/mol. The molecule has 3 rings (SSSR count). The molecule has 2 aromatic heterocycles. The maximum Gasteiger partial charge on any atom is 0.274 e. The fourth-order valence-corrected chi connectivity index (χ4v) is 3.53. The van der Waals surface area contributed by atoms with Gasteiger partial charge in [0.1, 0.15) is 0 Å². The number of likely N-dealkylation sites (N-methyl/N-ethyl adjacent to an activating group) is 1. The Morgan fingerprint density at radius 2 is 1.96 bits per heavy atom. The van der Waals surface area contributed by atoms with Crippen molar-refractivity contribution in [3.63, 3.8) is 0 Å². The summed E-state index contributed by atoms with van der Waals surface area (Å²) in [5, 5.41) is 2.01. The van der Waals surface area contributed by atoms with E-state index in [1.807, 2.05) is 41.2 Å². The highest BCUT2D eigenvalue weighted by molar-refractivity contribution is 7.15. The van der Waals surface area contributed by atoms with Crippen molar-refractivity contribution in [2.45, 2.75) is 32.9 Å². The first-order valence-corrected chi connectivity index (χ1v) is 9.79. The van der Waals surface area contributed by atoms with Crippen LogP contribution >= 0.6 is 11.3 Å². The predicted octanol–water partition coefficient (Wildman–Crippen LogP) is 3.55. The molecule has 0 saturated heterocycles. The van der Waals surface area contributed by atoms with Gasteiger partial charge < -0.3 is 4.90 Å². The molecular weight excluding hydrogens is 344 g/mol. The van der Waals surface area contributed by atoms with Gasteiger partial charge in [0.05, 0.1) is 5.69 Å². The van der Waals surface area contributed by atoms with Gasteiger partial charge in [-0.1, -0.05) is 30.3 Å². The van der Waals surface area contributed by atoms with Crippen molar-refractivity contribution in [1.29, 1.82) is 0 Å². The number of benzene rings is 1. The van der Waals surface area contributed by atoms with Crippen LogP contribution in [0.15, 0.2) is 41.9 Å². The summed E-state index contributed by atoms with van der Waals surface area (Å²) in [7, 11) is 3.93. The second-order valence-electron chi connectivity index (χ2n) is 6.93. The van der Waals surface area contributed by atoms with E-state index >= 15 is 0 Å². The van der Waals surface area contributed by atoms with Crippen molar-refractivity contribution in [3.05, 3.63) is 58.9 Å². The molecule has 0 radical (unpaired) electrons. The van der Waals surface area contributed by atoms with Gasteiger partial charge in [-0.15, -0.1) is 11.3 Å². The Hall–Kier alpha value is -2.18. The van der Waals surface area contributed by atoms with E-state index in [2.05, 4.69) is 42.9 Å². The molecule has 0 atom stereocenters. The minimum absolute atomic E-state index is 0.0102. The number of imidazole rings is 1. The minimum atomic E-state index is -0.0102. The molecule has 3 aromatic rings. The first kappa shape index (κ1) is 18.6. The number of thiazole rings is 1. The average molecular weight is 371 g/mol. The van der Waals surface area contributed by atoms with Crippen molar-refractivity contribution in [2.75, 3.05) is 20.6 Å². The van der Waals surface area contributed by atoms with Crippen LogP contribution in [0.1, 0.15) is 35.6 Å². The first-order valence-electron chi connectivity index (χ1n) is 8.91. The fraction of sp³-hybridized carbons (Fsp3) is 0.400. The topological polar surface area (TPSA) is 40.9 Å². The summed E-state index contributed by atoms with van der Waals surface area (Å²) in [6, 6.07) is 10.6. The number of hydrogen-bond donors (Lipinski definition) is 0. The van der Waals surface area contributed by atoms with E-state index in [4.69, 9.17) is 0 Å². The molecule has 0 aliphatic rings. The Bertz CT molecular complexity index is 868. The molecule has 1 amide bonds. The Balaban J connectivity index is 1.79. The van der Waals surface area contributed by atoms with Gasteiger partial charge in [-0.3, -0.25) is 14.1 Å². The Morgan fingerprint density at radius 3 is 2.65 bits per heavy atom. The summed E-state index contributed by atoms with van der Waals surface area (Å²) < 4.78 is 2.04. The van der Waals surface area contributed by atoms with Crippen LogP contribution < -0.4 is 0 Å². The van der Waals surface area contributed by atoms with E-state index in [1.165, 1.54) is 5.56 Å². The molecule has 5 nitrogen and oxygen atoms in total. The second-order valence-corrected chi connectivity index (χ2v) is 7.81. The number of rotatable bonds is 7. The highest BCUT2D eigenvalue weighted by atomic mass is 32.1. The molecule has 0 unspecified atom stereocenters. The summed E-state index contributed by atoms with van der Waals surface area (Å²) in [5.41, 5.74) is 2.77. The van der Waals surface area contributed by atoms with Crippen LogP contribution in [0.5, 0.6) is 0 Å². The first-order chi connectivity index (χ1) is 12.5. The maximum atomic E-state index is 13.0. The molecule has 2 heterocycles. The van der Waals surface area contributed by atoms with Gasteiger partial charge >= 0.3 is 0 Å². The van der Waals surface area contributed by atoms with E-state index in [0.29, 0.717) is 24.8 Å². The monoisotopic (exact) mass is 370 g/mol. The molecule has 0 saturated carbocycles. The fourth-order valence-electron chi connectivity index (χ4n) is 2.80. The summed E-state index contributed by atoms with van der Waals surface area (Å²) in [5.74, 6) is -0.0102. The molecule has 26 heavy (non-hydrogen) atoms. The van der Waals surface area contributed by atoms with Gasteiger partial charge in [-0.25, -0.2) is 4.98 Å². The van der Waals surface area contributed by atoms with Crippen molar-refractivity contribution in [3.8, 4) is 0 Å². The number of carbonyl (C=O) groups is 1. The number of nitrogens with zero attached hydrogens (tertiary/aromatic N) is 4. The molecule has 0 aliphatic heterocycles.